The zero-order valence-electron chi connectivity index (χ0n) is 19.8. The summed E-state index contributed by atoms with van der Waals surface area (Å²) in [6.45, 7) is 8.60. The predicted molar refractivity (Wildman–Crippen MR) is 141 cm³/mol. The van der Waals surface area contributed by atoms with Crippen molar-refractivity contribution in [3.05, 3.63) is 107 Å². The van der Waals surface area contributed by atoms with Crippen LogP contribution >= 0.6 is 12.2 Å². The van der Waals surface area contributed by atoms with E-state index in [1.165, 1.54) is 16.8 Å². The van der Waals surface area contributed by atoms with E-state index in [2.05, 4.69) is 66.8 Å². The standard InChI is InChI=1S/C28H28N4OS/c1-17-10-9-13-23(19(17)3)31-18(2)16-21(20(31)4)27-26(22-11-7-8-15-29-22)30-28(34)32(27)24-12-5-6-14-25(24)33/h5-16,26-27,33H,1-4H3,(H,30,34). The van der Waals surface area contributed by atoms with Gasteiger partial charge in [-0.25, -0.2) is 0 Å². The maximum atomic E-state index is 10.7. The smallest absolute Gasteiger partial charge is 0.174 e. The lowest BCUT2D eigenvalue weighted by Gasteiger charge is -2.28. The zero-order chi connectivity index (χ0) is 24.0. The van der Waals surface area contributed by atoms with E-state index < -0.39 is 0 Å². The highest BCUT2D eigenvalue weighted by atomic mass is 32.1. The van der Waals surface area contributed by atoms with Crippen LogP contribution < -0.4 is 10.2 Å². The highest BCUT2D eigenvalue weighted by molar-refractivity contribution is 7.80. The Balaban J connectivity index is 1.72. The van der Waals surface area contributed by atoms with Crippen LogP contribution in [0.1, 0.15) is 45.9 Å². The van der Waals surface area contributed by atoms with Crippen molar-refractivity contribution in [2.45, 2.75) is 39.8 Å². The number of hydrogen-bond acceptors (Lipinski definition) is 3. The summed E-state index contributed by atoms with van der Waals surface area (Å²) in [7, 11) is 0. The van der Waals surface area contributed by atoms with Gasteiger partial charge in [0.2, 0.25) is 0 Å². The van der Waals surface area contributed by atoms with Gasteiger partial charge < -0.3 is 19.9 Å². The highest BCUT2D eigenvalue weighted by Gasteiger charge is 2.43. The lowest BCUT2D eigenvalue weighted by molar-refractivity contribution is 0.472. The van der Waals surface area contributed by atoms with Gasteiger partial charge in [-0.1, -0.05) is 30.3 Å². The molecule has 1 aliphatic heterocycles. The molecule has 0 aliphatic carbocycles. The molecule has 0 spiro atoms. The van der Waals surface area contributed by atoms with Gasteiger partial charge in [-0.2, -0.15) is 0 Å². The van der Waals surface area contributed by atoms with E-state index >= 15 is 0 Å². The van der Waals surface area contributed by atoms with Crippen LogP contribution in [0.3, 0.4) is 0 Å². The SMILES string of the molecule is Cc1cccc(-n2c(C)cc(C3C(c4ccccn4)NC(=S)N3c3ccccc3O)c2C)c1C. The Morgan fingerprint density at radius 2 is 1.65 bits per heavy atom. The summed E-state index contributed by atoms with van der Waals surface area (Å²) in [6, 6.07) is 21.6. The summed E-state index contributed by atoms with van der Waals surface area (Å²) < 4.78 is 2.32. The summed E-state index contributed by atoms with van der Waals surface area (Å²) in [4.78, 5) is 6.67. The molecule has 172 valence electrons. The van der Waals surface area contributed by atoms with E-state index in [0.717, 1.165) is 22.6 Å². The second kappa shape index (κ2) is 8.61. The molecule has 3 heterocycles. The summed E-state index contributed by atoms with van der Waals surface area (Å²) in [5.74, 6) is 0.196. The topological polar surface area (TPSA) is 53.3 Å². The van der Waals surface area contributed by atoms with E-state index in [1.54, 1.807) is 12.3 Å². The molecular weight excluding hydrogens is 440 g/mol. The Kier molecular flexibility index (Phi) is 5.62. The van der Waals surface area contributed by atoms with E-state index in [0.29, 0.717) is 10.8 Å². The number of nitrogens with zero attached hydrogens (tertiary/aromatic N) is 3. The molecule has 2 N–H and O–H groups in total. The number of benzene rings is 2. The molecule has 5 rings (SSSR count). The molecule has 34 heavy (non-hydrogen) atoms. The molecule has 4 aromatic rings. The monoisotopic (exact) mass is 468 g/mol. The Morgan fingerprint density at radius 3 is 2.38 bits per heavy atom. The number of hydrogen-bond donors (Lipinski definition) is 2. The van der Waals surface area contributed by atoms with Crippen molar-refractivity contribution in [3.63, 3.8) is 0 Å². The lowest BCUT2D eigenvalue weighted by Crippen LogP contribution is -2.29. The highest BCUT2D eigenvalue weighted by Crippen LogP contribution is 2.45. The fourth-order valence-corrected chi connectivity index (χ4v) is 5.37. The summed E-state index contributed by atoms with van der Waals surface area (Å²) in [6.07, 6.45) is 1.80. The molecule has 0 bridgehead atoms. The number of anilines is 1. The first-order valence-electron chi connectivity index (χ1n) is 11.4. The Morgan fingerprint density at radius 1 is 0.912 bits per heavy atom. The second-order valence-electron chi connectivity index (χ2n) is 8.87. The number of thiocarbonyl (C=S) groups is 1. The number of phenols is 1. The normalized spacial score (nSPS) is 17.8. The fraction of sp³-hybridized carbons (Fsp3) is 0.214. The van der Waals surface area contributed by atoms with Crippen LogP contribution in [0.15, 0.2) is 72.9 Å². The maximum Gasteiger partial charge on any atom is 0.174 e. The largest absolute Gasteiger partial charge is 0.506 e. The average Bonchev–Trinajstić information content (AvgIpc) is 3.32. The first kappa shape index (κ1) is 22.2. The molecule has 5 nitrogen and oxygen atoms in total. The van der Waals surface area contributed by atoms with Crippen molar-refractivity contribution in [1.82, 2.24) is 14.9 Å². The number of para-hydroxylation sites is 2. The third-order valence-corrected chi connectivity index (χ3v) is 7.16. The minimum atomic E-state index is -0.180. The molecule has 6 heteroatoms. The van der Waals surface area contributed by atoms with Crippen LogP contribution in [0.25, 0.3) is 5.69 Å². The molecule has 2 atom stereocenters. The number of aromatic hydroxyl groups is 1. The van der Waals surface area contributed by atoms with Crippen molar-refractivity contribution in [1.29, 1.82) is 0 Å². The second-order valence-corrected chi connectivity index (χ2v) is 9.25. The molecule has 2 unspecified atom stereocenters. The third kappa shape index (κ3) is 3.55. The van der Waals surface area contributed by atoms with Gasteiger partial charge in [0.15, 0.2) is 5.11 Å². The van der Waals surface area contributed by atoms with Gasteiger partial charge >= 0.3 is 0 Å². The molecule has 0 amide bonds. The average molecular weight is 469 g/mol. The van der Waals surface area contributed by atoms with Gasteiger partial charge in [0.05, 0.1) is 23.5 Å². The molecule has 1 aliphatic rings. The Hall–Kier alpha value is -3.64. The lowest BCUT2D eigenvalue weighted by atomic mass is 9.96. The van der Waals surface area contributed by atoms with Crippen LogP contribution in [-0.4, -0.2) is 19.8 Å². The van der Waals surface area contributed by atoms with Crippen LogP contribution in [0, 0.1) is 27.7 Å². The minimum Gasteiger partial charge on any atom is -0.506 e. The van der Waals surface area contributed by atoms with Crippen molar-refractivity contribution in [2.75, 3.05) is 4.90 Å². The summed E-state index contributed by atoms with van der Waals surface area (Å²) in [5.41, 5.74) is 8.72. The van der Waals surface area contributed by atoms with Gasteiger partial charge in [0.25, 0.3) is 0 Å². The molecular formula is C28H28N4OS. The Bertz CT molecular complexity index is 1380. The Labute approximate surface area is 205 Å². The molecule has 2 aromatic heterocycles. The van der Waals surface area contributed by atoms with Crippen molar-refractivity contribution >= 4 is 23.0 Å². The van der Waals surface area contributed by atoms with Gasteiger partial charge in [0, 0.05) is 23.3 Å². The molecule has 0 radical (unpaired) electrons. The van der Waals surface area contributed by atoms with Gasteiger partial charge in [-0.05, 0) is 93.0 Å². The van der Waals surface area contributed by atoms with Crippen LogP contribution in [0.5, 0.6) is 5.75 Å². The van der Waals surface area contributed by atoms with Crippen molar-refractivity contribution in [2.24, 2.45) is 0 Å². The van der Waals surface area contributed by atoms with Gasteiger partial charge in [-0.3, -0.25) is 4.98 Å². The fourth-order valence-electron chi connectivity index (χ4n) is 5.03. The molecule has 1 fully saturated rings. The van der Waals surface area contributed by atoms with E-state index in [-0.39, 0.29) is 17.8 Å². The minimum absolute atomic E-state index is 0.166. The number of pyridine rings is 1. The molecule has 0 saturated carbocycles. The van der Waals surface area contributed by atoms with Crippen molar-refractivity contribution in [3.8, 4) is 11.4 Å². The van der Waals surface area contributed by atoms with Crippen LogP contribution in [0.4, 0.5) is 5.69 Å². The van der Waals surface area contributed by atoms with E-state index in [9.17, 15) is 5.11 Å². The van der Waals surface area contributed by atoms with Crippen LogP contribution in [0.2, 0.25) is 0 Å². The zero-order valence-corrected chi connectivity index (χ0v) is 20.6. The van der Waals surface area contributed by atoms with E-state index in [1.807, 2.05) is 41.3 Å². The molecule has 1 saturated heterocycles. The summed E-state index contributed by atoms with van der Waals surface area (Å²) in [5, 5.41) is 14.8. The van der Waals surface area contributed by atoms with E-state index in [4.69, 9.17) is 12.2 Å². The number of aryl methyl sites for hydroxylation is 2. The number of rotatable bonds is 4. The summed E-state index contributed by atoms with van der Waals surface area (Å²) >= 11 is 5.82. The van der Waals surface area contributed by atoms with Gasteiger partial charge in [0.1, 0.15) is 5.75 Å². The first-order valence-corrected chi connectivity index (χ1v) is 11.8. The van der Waals surface area contributed by atoms with Crippen LogP contribution in [-0.2, 0) is 0 Å². The number of nitrogens with one attached hydrogen (secondary N) is 1. The maximum absolute atomic E-state index is 10.7. The third-order valence-electron chi connectivity index (χ3n) is 6.85. The first-order chi connectivity index (χ1) is 16.4. The van der Waals surface area contributed by atoms with Crippen molar-refractivity contribution < 1.29 is 5.11 Å². The predicted octanol–water partition coefficient (Wildman–Crippen LogP) is 5.99. The number of phenolic OH excluding ortho intramolecular Hbond substituents is 1. The number of aromatic nitrogens is 2. The quantitative estimate of drug-likeness (QED) is 0.361. The van der Waals surface area contributed by atoms with Gasteiger partial charge in [-0.15, -0.1) is 0 Å². The molecule has 2 aromatic carbocycles.